The van der Waals surface area contributed by atoms with Crippen molar-refractivity contribution in [2.24, 2.45) is 0 Å². The second kappa shape index (κ2) is 10.1. The number of hydrogen-bond acceptors (Lipinski definition) is 2. The molecule has 0 spiro atoms. The zero-order valence-electron chi connectivity index (χ0n) is 22.9. The molecular weight excluding hydrogens is 510 g/mol. The van der Waals surface area contributed by atoms with Crippen LogP contribution in [0.1, 0.15) is 0 Å². The Bertz CT molecular complexity index is 2190. The topological polar surface area (TPSA) is 16.4 Å². The summed E-state index contributed by atoms with van der Waals surface area (Å²) >= 11 is 0. The molecule has 0 saturated heterocycles. The van der Waals surface area contributed by atoms with Crippen LogP contribution in [0, 0.1) is 0 Å². The van der Waals surface area contributed by atoms with Crippen LogP contribution in [-0.2, 0) is 0 Å². The highest BCUT2D eigenvalue weighted by Gasteiger charge is 2.15. The summed E-state index contributed by atoms with van der Waals surface area (Å²) in [4.78, 5) is 2.32. The molecule has 8 aromatic rings. The van der Waals surface area contributed by atoms with Gasteiger partial charge < -0.3 is 9.32 Å². The fraction of sp³-hybridized carbons (Fsp3) is 0. The molecule has 42 heavy (non-hydrogen) atoms. The third kappa shape index (κ3) is 4.22. The van der Waals surface area contributed by atoms with Gasteiger partial charge in [0.05, 0.1) is 0 Å². The number of benzene rings is 7. The van der Waals surface area contributed by atoms with Gasteiger partial charge in [-0.15, -0.1) is 0 Å². The monoisotopic (exact) mass is 537 g/mol. The van der Waals surface area contributed by atoms with Crippen molar-refractivity contribution in [3.05, 3.63) is 164 Å². The molecule has 198 valence electrons. The first-order chi connectivity index (χ1) is 20.8. The fourth-order valence-corrected chi connectivity index (χ4v) is 6.02. The molecule has 0 amide bonds. The van der Waals surface area contributed by atoms with Crippen LogP contribution in [0.25, 0.3) is 55.0 Å². The molecule has 2 heteroatoms. The Balaban J connectivity index is 1.20. The summed E-state index contributed by atoms with van der Waals surface area (Å²) in [5, 5.41) is 4.80. The highest BCUT2D eigenvalue weighted by atomic mass is 16.3. The first kappa shape index (κ1) is 24.2. The van der Waals surface area contributed by atoms with E-state index in [2.05, 4.69) is 157 Å². The van der Waals surface area contributed by atoms with Gasteiger partial charge in [-0.05, 0) is 87.6 Å². The minimum atomic E-state index is 0.911. The molecule has 0 N–H and O–H groups in total. The zero-order valence-corrected chi connectivity index (χ0v) is 22.9. The highest BCUT2D eigenvalue weighted by molar-refractivity contribution is 6.06. The molecule has 1 aromatic heterocycles. The standard InChI is InChI=1S/C40H27NO/c1-2-13-32(14-3-1)41(34-15-8-12-31(26-34)36-18-9-11-29-10-4-5-16-35(29)36)33-23-20-28(21-24-33)30-22-25-38-37-17-6-7-19-39(37)42-40(38)27-30/h1-27H. The minimum absolute atomic E-state index is 0.911. The second-order valence-electron chi connectivity index (χ2n) is 10.6. The van der Waals surface area contributed by atoms with Crippen molar-refractivity contribution < 1.29 is 4.42 Å². The van der Waals surface area contributed by atoms with E-state index in [4.69, 9.17) is 4.42 Å². The van der Waals surface area contributed by atoms with Crippen LogP contribution < -0.4 is 4.90 Å². The fourth-order valence-electron chi connectivity index (χ4n) is 6.02. The van der Waals surface area contributed by atoms with Crippen LogP contribution in [-0.4, -0.2) is 0 Å². The van der Waals surface area contributed by atoms with E-state index in [1.54, 1.807) is 0 Å². The van der Waals surface area contributed by atoms with Gasteiger partial charge in [0, 0.05) is 27.8 Å². The summed E-state index contributed by atoms with van der Waals surface area (Å²) in [6, 6.07) is 58.0. The number of nitrogens with zero attached hydrogens (tertiary/aromatic N) is 1. The Kier molecular flexibility index (Phi) is 5.82. The van der Waals surface area contributed by atoms with Gasteiger partial charge in [0.1, 0.15) is 11.2 Å². The molecule has 0 aliphatic heterocycles. The summed E-state index contributed by atoms with van der Waals surface area (Å²) in [6.07, 6.45) is 0. The molecule has 0 unspecified atom stereocenters. The Hall–Kier alpha value is -5.60. The van der Waals surface area contributed by atoms with Crippen LogP contribution in [0.15, 0.2) is 168 Å². The van der Waals surface area contributed by atoms with Gasteiger partial charge >= 0.3 is 0 Å². The number of furan rings is 1. The summed E-state index contributed by atoms with van der Waals surface area (Å²) in [6.45, 7) is 0. The van der Waals surface area contributed by atoms with Crippen LogP contribution in [0.5, 0.6) is 0 Å². The van der Waals surface area contributed by atoms with Crippen LogP contribution in [0.4, 0.5) is 17.1 Å². The molecule has 1 heterocycles. The minimum Gasteiger partial charge on any atom is -0.456 e. The van der Waals surface area contributed by atoms with E-state index in [1.807, 2.05) is 12.1 Å². The number of para-hydroxylation sites is 2. The maximum atomic E-state index is 6.16. The summed E-state index contributed by atoms with van der Waals surface area (Å²) in [7, 11) is 0. The van der Waals surface area contributed by atoms with E-state index in [0.717, 1.165) is 50.1 Å². The molecule has 0 atom stereocenters. The largest absolute Gasteiger partial charge is 0.456 e. The maximum absolute atomic E-state index is 6.16. The third-order valence-electron chi connectivity index (χ3n) is 8.06. The summed E-state index contributed by atoms with van der Waals surface area (Å²) in [5.41, 5.74) is 9.88. The Morgan fingerprint density at radius 1 is 0.357 bits per heavy atom. The Morgan fingerprint density at radius 2 is 1.00 bits per heavy atom. The summed E-state index contributed by atoms with van der Waals surface area (Å²) < 4.78 is 6.16. The van der Waals surface area contributed by atoms with Gasteiger partial charge in [-0.2, -0.15) is 0 Å². The Labute approximate surface area is 244 Å². The van der Waals surface area contributed by atoms with Crippen molar-refractivity contribution in [2.75, 3.05) is 4.90 Å². The average molecular weight is 538 g/mol. The lowest BCUT2D eigenvalue weighted by Gasteiger charge is -2.26. The van der Waals surface area contributed by atoms with E-state index in [9.17, 15) is 0 Å². The molecule has 0 fully saturated rings. The molecule has 0 bridgehead atoms. The van der Waals surface area contributed by atoms with Gasteiger partial charge in [0.15, 0.2) is 0 Å². The predicted molar refractivity (Wildman–Crippen MR) is 177 cm³/mol. The molecule has 0 saturated carbocycles. The van der Waals surface area contributed by atoms with E-state index in [-0.39, 0.29) is 0 Å². The predicted octanol–water partition coefficient (Wildman–Crippen LogP) is 11.5. The first-order valence-corrected chi connectivity index (χ1v) is 14.3. The number of fused-ring (bicyclic) bond motifs is 4. The molecule has 7 aromatic carbocycles. The van der Waals surface area contributed by atoms with Crippen LogP contribution in [0.3, 0.4) is 0 Å². The van der Waals surface area contributed by atoms with Crippen molar-refractivity contribution >= 4 is 49.8 Å². The molecule has 2 nitrogen and oxygen atoms in total. The zero-order chi connectivity index (χ0) is 27.9. The quantitative estimate of drug-likeness (QED) is 0.217. The van der Waals surface area contributed by atoms with Gasteiger partial charge in [0.2, 0.25) is 0 Å². The van der Waals surface area contributed by atoms with Gasteiger partial charge in [-0.3, -0.25) is 0 Å². The van der Waals surface area contributed by atoms with Crippen molar-refractivity contribution in [3.8, 4) is 22.3 Å². The number of hydrogen-bond donors (Lipinski definition) is 0. The lowest BCUT2D eigenvalue weighted by Crippen LogP contribution is -2.09. The molecular formula is C40H27NO. The SMILES string of the molecule is c1ccc(N(c2ccc(-c3ccc4c(c3)oc3ccccc34)cc2)c2cccc(-c3cccc4ccccc34)c2)cc1. The van der Waals surface area contributed by atoms with Crippen molar-refractivity contribution in [1.29, 1.82) is 0 Å². The van der Waals surface area contributed by atoms with Crippen molar-refractivity contribution in [1.82, 2.24) is 0 Å². The molecule has 0 radical (unpaired) electrons. The molecule has 0 aliphatic carbocycles. The smallest absolute Gasteiger partial charge is 0.136 e. The lowest BCUT2D eigenvalue weighted by molar-refractivity contribution is 0.669. The number of rotatable bonds is 5. The average Bonchev–Trinajstić information content (AvgIpc) is 3.44. The van der Waals surface area contributed by atoms with Crippen LogP contribution >= 0.6 is 0 Å². The molecule has 0 aliphatic rings. The highest BCUT2D eigenvalue weighted by Crippen LogP contribution is 2.39. The van der Waals surface area contributed by atoms with Gasteiger partial charge in [0.25, 0.3) is 0 Å². The van der Waals surface area contributed by atoms with Crippen LogP contribution in [0.2, 0.25) is 0 Å². The van der Waals surface area contributed by atoms with Gasteiger partial charge in [-0.1, -0.05) is 109 Å². The first-order valence-electron chi connectivity index (χ1n) is 14.3. The van der Waals surface area contributed by atoms with E-state index >= 15 is 0 Å². The molecule has 8 rings (SSSR count). The Morgan fingerprint density at radius 3 is 1.88 bits per heavy atom. The normalized spacial score (nSPS) is 11.3. The van der Waals surface area contributed by atoms with E-state index in [1.165, 1.54) is 21.9 Å². The third-order valence-corrected chi connectivity index (χ3v) is 8.06. The van der Waals surface area contributed by atoms with E-state index in [0.29, 0.717) is 0 Å². The summed E-state index contributed by atoms with van der Waals surface area (Å²) in [5.74, 6) is 0. The van der Waals surface area contributed by atoms with Crippen molar-refractivity contribution in [3.63, 3.8) is 0 Å². The van der Waals surface area contributed by atoms with Crippen molar-refractivity contribution in [2.45, 2.75) is 0 Å². The number of anilines is 3. The van der Waals surface area contributed by atoms with E-state index < -0.39 is 0 Å². The second-order valence-corrected chi connectivity index (χ2v) is 10.6. The lowest BCUT2D eigenvalue weighted by atomic mass is 9.97. The van der Waals surface area contributed by atoms with Gasteiger partial charge in [-0.25, -0.2) is 0 Å². The maximum Gasteiger partial charge on any atom is 0.136 e.